The second kappa shape index (κ2) is 8.86. The zero-order valence-electron chi connectivity index (χ0n) is 16.5. The van der Waals surface area contributed by atoms with Gasteiger partial charge >= 0.3 is 0 Å². The average molecular weight is 397 g/mol. The number of benzene rings is 2. The normalized spacial score (nSPS) is 16.0. The lowest BCUT2D eigenvalue weighted by molar-refractivity contribution is -0.122. The third-order valence-corrected chi connectivity index (χ3v) is 5.09. The molecule has 3 amide bonds. The van der Waals surface area contributed by atoms with Crippen molar-refractivity contribution in [2.75, 3.05) is 29.9 Å². The molecule has 0 spiro atoms. The van der Waals surface area contributed by atoms with Gasteiger partial charge in [-0.05, 0) is 50.2 Å². The second-order valence-corrected chi connectivity index (χ2v) is 6.90. The molecule has 1 atom stereocenters. The summed E-state index contributed by atoms with van der Waals surface area (Å²) in [5, 5.41) is 2.78. The molecule has 6 nitrogen and oxygen atoms in total. The molecule has 0 aliphatic carbocycles. The van der Waals surface area contributed by atoms with Crippen molar-refractivity contribution in [2.45, 2.75) is 20.3 Å². The molecule has 29 heavy (non-hydrogen) atoms. The lowest BCUT2D eigenvalue weighted by Crippen LogP contribution is -2.30. The van der Waals surface area contributed by atoms with E-state index in [-0.39, 0.29) is 36.4 Å². The van der Waals surface area contributed by atoms with Gasteiger partial charge in [-0.15, -0.1) is 0 Å². The third-order valence-electron chi connectivity index (χ3n) is 5.09. The van der Waals surface area contributed by atoms with E-state index >= 15 is 0 Å². The van der Waals surface area contributed by atoms with E-state index in [1.165, 1.54) is 17.0 Å². The molecule has 0 radical (unpaired) electrons. The number of carbonyl (C=O) groups excluding carboxylic acids is 3. The molecule has 2 aromatic carbocycles. The quantitative estimate of drug-likeness (QED) is 0.813. The van der Waals surface area contributed by atoms with E-state index in [1.54, 1.807) is 41.3 Å². The zero-order valence-corrected chi connectivity index (χ0v) is 16.5. The highest BCUT2D eigenvalue weighted by Crippen LogP contribution is 2.28. The SMILES string of the molecule is CCN(CC)C(=O)c1ccc(NC(=O)[C@@H]2CC(=O)N(c3ccccc3F)C2)cc1. The summed E-state index contributed by atoms with van der Waals surface area (Å²) in [5.74, 6) is -1.71. The number of rotatable bonds is 6. The smallest absolute Gasteiger partial charge is 0.253 e. The van der Waals surface area contributed by atoms with E-state index in [4.69, 9.17) is 0 Å². The van der Waals surface area contributed by atoms with Gasteiger partial charge in [0.15, 0.2) is 0 Å². The first-order valence-corrected chi connectivity index (χ1v) is 9.69. The minimum atomic E-state index is -0.570. The molecule has 2 aromatic rings. The van der Waals surface area contributed by atoms with Gasteiger partial charge in [0.05, 0.1) is 11.6 Å². The minimum Gasteiger partial charge on any atom is -0.339 e. The fourth-order valence-corrected chi connectivity index (χ4v) is 3.42. The Labute approximate surface area is 169 Å². The van der Waals surface area contributed by atoms with Crippen molar-refractivity contribution in [3.8, 4) is 0 Å². The van der Waals surface area contributed by atoms with E-state index in [1.807, 2.05) is 13.8 Å². The number of para-hydroxylation sites is 1. The largest absolute Gasteiger partial charge is 0.339 e. The van der Waals surface area contributed by atoms with Crippen LogP contribution in [0.1, 0.15) is 30.6 Å². The van der Waals surface area contributed by atoms with Crippen LogP contribution in [0.25, 0.3) is 0 Å². The first-order chi connectivity index (χ1) is 13.9. The zero-order chi connectivity index (χ0) is 21.0. The van der Waals surface area contributed by atoms with E-state index < -0.39 is 11.7 Å². The number of anilines is 2. The molecule has 1 fully saturated rings. The summed E-state index contributed by atoms with van der Waals surface area (Å²) in [6.45, 7) is 5.22. The standard InChI is InChI=1S/C22H24FN3O3/c1-3-25(4-2)22(29)15-9-11-17(12-10-15)24-21(28)16-13-20(27)26(14-16)19-8-6-5-7-18(19)23/h5-12,16H,3-4,13-14H2,1-2H3,(H,24,28)/t16-/m1/s1. The van der Waals surface area contributed by atoms with Crippen molar-refractivity contribution < 1.29 is 18.8 Å². The van der Waals surface area contributed by atoms with Gasteiger partial charge in [-0.25, -0.2) is 4.39 Å². The van der Waals surface area contributed by atoms with Crippen molar-refractivity contribution in [2.24, 2.45) is 5.92 Å². The molecule has 1 N–H and O–H groups in total. The molecule has 0 aromatic heterocycles. The lowest BCUT2D eigenvalue weighted by atomic mass is 10.1. The number of halogens is 1. The first-order valence-electron chi connectivity index (χ1n) is 9.69. The van der Waals surface area contributed by atoms with Crippen LogP contribution >= 0.6 is 0 Å². The Morgan fingerprint density at radius 1 is 1.10 bits per heavy atom. The Balaban J connectivity index is 1.64. The van der Waals surface area contributed by atoms with Gasteiger partial charge in [-0.1, -0.05) is 12.1 Å². The van der Waals surface area contributed by atoms with E-state index in [9.17, 15) is 18.8 Å². The van der Waals surface area contributed by atoms with Gasteiger partial charge in [0.2, 0.25) is 11.8 Å². The number of nitrogens with one attached hydrogen (secondary N) is 1. The Kier molecular flexibility index (Phi) is 6.26. The molecule has 1 saturated heterocycles. The van der Waals surface area contributed by atoms with Crippen LogP contribution in [0.2, 0.25) is 0 Å². The Morgan fingerprint density at radius 3 is 2.38 bits per heavy atom. The van der Waals surface area contributed by atoms with Crippen LogP contribution in [0, 0.1) is 11.7 Å². The van der Waals surface area contributed by atoms with E-state index in [2.05, 4.69) is 5.32 Å². The monoisotopic (exact) mass is 397 g/mol. The Hall–Kier alpha value is -3.22. The van der Waals surface area contributed by atoms with Crippen LogP contribution in [-0.4, -0.2) is 42.3 Å². The summed E-state index contributed by atoms with van der Waals surface area (Å²) in [6, 6.07) is 12.7. The predicted molar refractivity (Wildman–Crippen MR) is 109 cm³/mol. The lowest BCUT2D eigenvalue weighted by Gasteiger charge is -2.19. The maximum absolute atomic E-state index is 14.0. The van der Waals surface area contributed by atoms with Gasteiger partial charge in [0.1, 0.15) is 5.82 Å². The number of hydrogen-bond acceptors (Lipinski definition) is 3. The van der Waals surface area contributed by atoms with Crippen LogP contribution in [0.5, 0.6) is 0 Å². The molecule has 1 aliphatic rings. The molecular weight excluding hydrogens is 373 g/mol. The predicted octanol–water partition coefficient (Wildman–Crippen LogP) is 3.30. The summed E-state index contributed by atoms with van der Waals surface area (Å²) in [7, 11) is 0. The Morgan fingerprint density at radius 2 is 1.76 bits per heavy atom. The van der Waals surface area contributed by atoms with Gasteiger partial charge in [-0.3, -0.25) is 14.4 Å². The van der Waals surface area contributed by atoms with Gasteiger partial charge < -0.3 is 15.1 Å². The van der Waals surface area contributed by atoms with E-state index in [0.29, 0.717) is 24.3 Å². The number of amides is 3. The van der Waals surface area contributed by atoms with Crippen molar-refractivity contribution in [3.63, 3.8) is 0 Å². The van der Waals surface area contributed by atoms with E-state index in [0.717, 1.165) is 0 Å². The molecular formula is C22H24FN3O3. The highest BCUT2D eigenvalue weighted by molar-refractivity contribution is 6.03. The molecule has 1 heterocycles. The number of carbonyl (C=O) groups is 3. The third kappa shape index (κ3) is 4.45. The fourth-order valence-electron chi connectivity index (χ4n) is 3.42. The maximum Gasteiger partial charge on any atom is 0.253 e. The van der Waals surface area contributed by atoms with Crippen LogP contribution in [0.4, 0.5) is 15.8 Å². The summed E-state index contributed by atoms with van der Waals surface area (Å²) < 4.78 is 14.0. The van der Waals surface area contributed by atoms with Crippen molar-refractivity contribution in [1.29, 1.82) is 0 Å². The van der Waals surface area contributed by atoms with Crippen molar-refractivity contribution in [3.05, 3.63) is 59.9 Å². The molecule has 1 aliphatic heterocycles. The van der Waals surface area contributed by atoms with Gasteiger partial charge in [0, 0.05) is 37.3 Å². The fraction of sp³-hybridized carbons (Fsp3) is 0.318. The molecule has 3 rings (SSSR count). The van der Waals surface area contributed by atoms with Crippen molar-refractivity contribution in [1.82, 2.24) is 4.90 Å². The van der Waals surface area contributed by atoms with Crippen LogP contribution in [0.3, 0.4) is 0 Å². The molecule has 7 heteroatoms. The average Bonchev–Trinajstić information content (AvgIpc) is 3.11. The number of hydrogen-bond donors (Lipinski definition) is 1. The molecule has 0 saturated carbocycles. The summed E-state index contributed by atoms with van der Waals surface area (Å²) in [4.78, 5) is 40.2. The van der Waals surface area contributed by atoms with Crippen LogP contribution in [-0.2, 0) is 9.59 Å². The highest BCUT2D eigenvalue weighted by Gasteiger charge is 2.36. The number of nitrogens with zero attached hydrogens (tertiary/aromatic N) is 2. The minimum absolute atomic E-state index is 0.0265. The van der Waals surface area contributed by atoms with Crippen LogP contribution in [0.15, 0.2) is 48.5 Å². The summed E-state index contributed by atoms with van der Waals surface area (Å²) in [6.07, 6.45) is 0.0265. The second-order valence-electron chi connectivity index (χ2n) is 6.90. The Bertz CT molecular complexity index is 910. The molecule has 0 unspecified atom stereocenters. The van der Waals surface area contributed by atoms with Gasteiger partial charge in [-0.2, -0.15) is 0 Å². The topological polar surface area (TPSA) is 69.7 Å². The van der Waals surface area contributed by atoms with Crippen molar-refractivity contribution >= 4 is 29.1 Å². The maximum atomic E-state index is 14.0. The molecule has 0 bridgehead atoms. The molecule has 152 valence electrons. The highest BCUT2D eigenvalue weighted by atomic mass is 19.1. The summed E-state index contributed by atoms with van der Waals surface area (Å²) in [5.41, 5.74) is 1.28. The van der Waals surface area contributed by atoms with Crippen LogP contribution < -0.4 is 10.2 Å². The first kappa shape index (κ1) is 20.5. The van der Waals surface area contributed by atoms with Gasteiger partial charge in [0.25, 0.3) is 5.91 Å². The summed E-state index contributed by atoms with van der Waals surface area (Å²) >= 11 is 0.